The van der Waals surface area contributed by atoms with Gasteiger partial charge in [0.05, 0.1) is 11.6 Å². The highest BCUT2D eigenvalue weighted by Gasteiger charge is 2.44. The molecule has 1 saturated carbocycles. The number of amides is 3. The molecule has 47 heavy (non-hydrogen) atoms. The van der Waals surface area contributed by atoms with Gasteiger partial charge in [-0.2, -0.15) is 0 Å². The fourth-order valence-corrected chi connectivity index (χ4v) is 6.67. The van der Waals surface area contributed by atoms with E-state index >= 15 is 0 Å². The van der Waals surface area contributed by atoms with Crippen LogP contribution in [0.5, 0.6) is 5.75 Å². The summed E-state index contributed by atoms with van der Waals surface area (Å²) >= 11 is 0. The van der Waals surface area contributed by atoms with Crippen molar-refractivity contribution < 1.29 is 29.0 Å². The molecule has 1 saturated heterocycles. The Bertz CT molecular complexity index is 1600. The molecule has 0 aromatic heterocycles. The first kappa shape index (κ1) is 32.6. The molecule has 3 aliphatic rings. The van der Waals surface area contributed by atoms with Crippen LogP contribution in [0.1, 0.15) is 64.4 Å². The molecule has 2 heterocycles. The number of likely N-dealkylation sites (tertiary alicyclic amines) is 1. The topological polar surface area (TPSA) is 99.6 Å². The quantitative estimate of drug-likeness (QED) is 0.273. The van der Waals surface area contributed by atoms with Gasteiger partial charge >= 0.3 is 6.09 Å². The van der Waals surface area contributed by atoms with Gasteiger partial charge in [0.15, 0.2) is 6.61 Å². The predicted octanol–water partition coefficient (Wildman–Crippen LogP) is 6.39. The van der Waals surface area contributed by atoms with E-state index in [0.29, 0.717) is 49.5 Å². The van der Waals surface area contributed by atoms with Crippen LogP contribution in [0.15, 0.2) is 72.8 Å². The largest absolute Gasteiger partial charge is 0.482 e. The molecule has 1 aliphatic carbocycles. The lowest BCUT2D eigenvalue weighted by Gasteiger charge is -2.41. The summed E-state index contributed by atoms with van der Waals surface area (Å²) < 4.78 is 11.5. The Hall–Kier alpha value is -4.37. The summed E-state index contributed by atoms with van der Waals surface area (Å²) in [6.45, 7) is 6.77. The van der Waals surface area contributed by atoms with E-state index in [9.17, 15) is 19.5 Å². The minimum absolute atomic E-state index is 0.0364. The zero-order chi connectivity index (χ0) is 33.1. The molecule has 1 N–H and O–H groups in total. The van der Waals surface area contributed by atoms with Crippen molar-refractivity contribution >= 4 is 29.3 Å². The minimum atomic E-state index is -0.650. The molecule has 2 atom stereocenters. The molecule has 0 bridgehead atoms. The second-order valence-corrected chi connectivity index (χ2v) is 13.8. The lowest BCUT2D eigenvalue weighted by Crippen LogP contribution is -2.51. The van der Waals surface area contributed by atoms with E-state index in [0.717, 1.165) is 29.5 Å². The third-order valence-electron chi connectivity index (χ3n) is 9.11. The Balaban J connectivity index is 1.35. The van der Waals surface area contributed by atoms with Gasteiger partial charge in [0.1, 0.15) is 11.4 Å². The van der Waals surface area contributed by atoms with E-state index in [1.54, 1.807) is 9.80 Å². The van der Waals surface area contributed by atoms with Crippen molar-refractivity contribution in [2.45, 2.75) is 70.4 Å². The summed E-state index contributed by atoms with van der Waals surface area (Å²) in [5.41, 5.74) is 3.97. The van der Waals surface area contributed by atoms with Crippen molar-refractivity contribution in [2.24, 2.45) is 5.92 Å². The second kappa shape index (κ2) is 13.8. The highest BCUT2D eigenvalue weighted by Crippen LogP contribution is 2.43. The molecule has 3 aromatic carbocycles. The third kappa shape index (κ3) is 7.46. The number of unbranched alkanes of at least 4 members (excludes halogenated alkanes) is 1. The van der Waals surface area contributed by atoms with Crippen molar-refractivity contribution in [3.05, 3.63) is 78.4 Å². The molecule has 3 aromatic rings. The maximum absolute atomic E-state index is 14.9. The van der Waals surface area contributed by atoms with Crippen LogP contribution in [-0.4, -0.2) is 72.4 Å². The SMILES string of the molecule is CC(C)(C)OC(=O)N1CC[C@H](c2cccc(-c3ccccc3)c2)[C@@H](C(=O)N(c2ccc3c(c2)N(CCCCO)C(=O)CO3)C2CC2)C1. The number of anilines is 2. The van der Waals surface area contributed by atoms with Gasteiger partial charge in [0.2, 0.25) is 5.91 Å². The molecule has 0 spiro atoms. The maximum Gasteiger partial charge on any atom is 0.410 e. The molecule has 0 radical (unpaired) electrons. The van der Waals surface area contributed by atoms with Crippen LogP contribution in [0, 0.1) is 5.92 Å². The molecular weight excluding hydrogens is 594 g/mol. The van der Waals surface area contributed by atoms with Gasteiger partial charge in [-0.1, -0.05) is 54.6 Å². The van der Waals surface area contributed by atoms with Crippen molar-refractivity contribution in [1.29, 1.82) is 0 Å². The minimum Gasteiger partial charge on any atom is -0.482 e. The first-order valence-corrected chi connectivity index (χ1v) is 16.8. The Morgan fingerprint density at radius 3 is 2.45 bits per heavy atom. The van der Waals surface area contributed by atoms with Gasteiger partial charge in [-0.05, 0) is 93.7 Å². The lowest BCUT2D eigenvalue weighted by atomic mass is 9.79. The zero-order valence-corrected chi connectivity index (χ0v) is 27.6. The molecule has 2 aliphatic heterocycles. The van der Waals surface area contributed by atoms with Gasteiger partial charge in [-0.3, -0.25) is 9.59 Å². The number of aliphatic hydroxyl groups is 1. The molecule has 2 fully saturated rings. The van der Waals surface area contributed by atoms with E-state index in [1.807, 2.05) is 68.1 Å². The number of piperidine rings is 1. The second-order valence-electron chi connectivity index (χ2n) is 13.8. The summed E-state index contributed by atoms with van der Waals surface area (Å²) in [7, 11) is 0. The van der Waals surface area contributed by atoms with Gasteiger partial charge in [-0.15, -0.1) is 0 Å². The Kier molecular flexibility index (Phi) is 9.55. The van der Waals surface area contributed by atoms with Gasteiger partial charge < -0.3 is 29.3 Å². The van der Waals surface area contributed by atoms with Gasteiger partial charge in [0.25, 0.3) is 5.91 Å². The monoisotopic (exact) mass is 639 g/mol. The molecular formula is C38H45N3O6. The number of rotatable bonds is 9. The fraction of sp³-hybridized carbons (Fsp3) is 0.447. The lowest BCUT2D eigenvalue weighted by molar-refractivity contribution is -0.124. The number of ether oxygens (including phenoxy) is 2. The molecule has 248 valence electrons. The number of hydrogen-bond acceptors (Lipinski definition) is 6. The number of benzene rings is 3. The average molecular weight is 640 g/mol. The molecule has 3 amide bonds. The number of fused-ring (bicyclic) bond motifs is 1. The number of carbonyl (C=O) groups is 3. The number of aliphatic hydroxyl groups excluding tert-OH is 1. The Labute approximate surface area is 277 Å². The van der Waals surface area contributed by atoms with Crippen LogP contribution in [0.3, 0.4) is 0 Å². The predicted molar refractivity (Wildman–Crippen MR) is 182 cm³/mol. The summed E-state index contributed by atoms with van der Waals surface area (Å²) in [5, 5.41) is 9.31. The van der Waals surface area contributed by atoms with Crippen molar-refractivity contribution in [2.75, 3.05) is 42.6 Å². The van der Waals surface area contributed by atoms with E-state index in [-0.39, 0.29) is 43.5 Å². The van der Waals surface area contributed by atoms with Crippen LogP contribution >= 0.6 is 0 Å². The Morgan fingerprint density at radius 1 is 0.957 bits per heavy atom. The summed E-state index contributed by atoms with van der Waals surface area (Å²) in [6.07, 6.45) is 3.23. The summed E-state index contributed by atoms with van der Waals surface area (Å²) in [4.78, 5) is 46.4. The van der Waals surface area contributed by atoms with E-state index in [2.05, 4.69) is 30.3 Å². The van der Waals surface area contributed by atoms with E-state index in [1.165, 1.54) is 0 Å². The highest BCUT2D eigenvalue weighted by atomic mass is 16.6. The smallest absolute Gasteiger partial charge is 0.410 e. The van der Waals surface area contributed by atoms with Crippen LogP contribution in [0.25, 0.3) is 11.1 Å². The number of nitrogens with zero attached hydrogens (tertiary/aromatic N) is 3. The summed E-state index contributed by atoms with van der Waals surface area (Å²) in [5.74, 6) is -0.188. The summed E-state index contributed by atoms with van der Waals surface area (Å²) in [6, 6.07) is 24.3. The van der Waals surface area contributed by atoms with Crippen LogP contribution in [0.2, 0.25) is 0 Å². The Morgan fingerprint density at radius 2 is 1.72 bits per heavy atom. The average Bonchev–Trinajstić information content (AvgIpc) is 3.90. The van der Waals surface area contributed by atoms with Crippen LogP contribution in [0.4, 0.5) is 16.2 Å². The van der Waals surface area contributed by atoms with Crippen molar-refractivity contribution in [3.8, 4) is 16.9 Å². The van der Waals surface area contributed by atoms with Crippen LogP contribution < -0.4 is 14.5 Å². The number of hydrogen-bond donors (Lipinski definition) is 1. The first-order chi connectivity index (χ1) is 22.6. The van der Waals surface area contributed by atoms with Gasteiger partial charge in [-0.25, -0.2) is 4.79 Å². The van der Waals surface area contributed by atoms with Crippen molar-refractivity contribution in [1.82, 2.24) is 4.90 Å². The molecule has 9 nitrogen and oxygen atoms in total. The maximum atomic E-state index is 14.9. The number of carbonyl (C=O) groups excluding carboxylic acids is 3. The third-order valence-corrected chi connectivity index (χ3v) is 9.11. The van der Waals surface area contributed by atoms with Crippen molar-refractivity contribution in [3.63, 3.8) is 0 Å². The van der Waals surface area contributed by atoms with E-state index < -0.39 is 17.6 Å². The van der Waals surface area contributed by atoms with Crippen LogP contribution in [-0.2, 0) is 14.3 Å². The molecule has 6 rings (SSSR count). The fourth-order valence-electron chi connectivity index (χ4n) is 6.67. The van der Waals surface area contributed by atoms with E-state index in [4.69, 9.17) is 9.47 Å². The molecule has 9 heteroatoms. The highest BCUT2D eigenvalue weighted by molar-refractivity contribution is 6.01. The standard InChI is InChI=1S/C38H45N3O6/c1-38(2,3)47-37(45)39-20-18-31(28-13-9-12-27(22-28)26-10-5-4-6-11-26)32(24-39)36(44)41(29-14-15-29)30-16-17-34-33(23-30)40(19-7-8-21-42)35(43)25-46-34/h4-6,9-13,16-17,22-23,29,31-32,42H,7-8,14-15,18-21,24-25H2,1-3H3/t31-,32+/m1/s1. The normalized spacial score (nSPS) is 19.5. The molecule has 0 unspecified atom stereocenters. The first-order valence-electron chi connectivity index (χ1n) is 16.8. The zero-order valence-electron chi connectivity index (χ0n) is 27.6. The van der Waals surface area contributed by atoms with Gasteiger partial charge in [0, 0.05) is 38.0 Å².